The van der Waals surface area contributed by atoms with E-state index in [4.69, 9.17) is 9.84 Å². The van der Waals surface area contributed by atoms with Gasteiger partial charge in [-0.05, 0) is 12.0 Å². The average molecular weight is 192 g/mol. The van der Waals surface area contributed by atoms with Gasteiger partial charge in [0.1, 0.15) is 6.61 Å². The molecule has 1 saturated carbocycles. The number of carbonyl (C=O) groups is 1. The van der Waals surface area contributed by atoms with Crippen molar-refractivity contribution < 1.29 is 14.6 Å². The highest BCUT2D eigenvalue weighted by Crippen LogP contribution is 2.31. The Balaban J connectivity index is 1.80. The standard InChI is InChI=1S/C11H12O3/c12-10-6-9(10)11(13)14-7-8-4-2-1-3-5-8/h1-5,9-10,12H,6-7H2. The Morgan fingerprint density at radius 2 is 2.07 bits per heavy atom. The van der Waals surface area contributed by atoms with Crippen molar-refractivity contribution >= 4 is 5.97 Å². The van der Waals surface area contributed by atoms with Crippen molar-refractivity contribution in [2.24, 2.45) is 5.92 Å². The van der Waals surface area contributed by atoms with Crippen LogP contribution in [0.1, 0.15) is 12.0 Å². The third kappa shape index (κ3) is 2.12. The van der Waals surface area contributed by atoms with Crippen molar-refractivity contribution in [3.63, 3.8) is 0 Å². The lowest BCUT2D eigenvalue weighted by molar-refractivity contribution is -0.147. The average Bonchev–Trinajstić information content (AvgIpc) is 2.94. The molecule has 1 aromatic rings. The molecule has 3 heteroatoms. The third-order valence-corrected chi connectivity index (χ3v) is 2.28. The van der Waals surface area contributed by atoms with Gasteiger partial charge < -0.3 is 9.84 Å². The topological polar surface area (TPSA) is 46.5 Å². The quantitative estimate of drug-likeness (QED) is 0.730. The van der Waals surface area contributed by atoms with Crippen LogP contribution in [0.25, 0.3) is 0 Å². The van der Waals surface area contributed by atoms with Crippen molar-refractivity contribution in [2.75, 3.05) is 0 Å². The van der Waals surface area contributed by atoms with Crippen LogP contribution < -0.4 is 0 Å². The Kier molecular flexibility index (Phi) is 2.50. The Bertz CT molecular complexity index is 321. The number of hydrogen-bond acceptors (Lipinski definition) is 3. The summed E-state index contributed by atoms with van der Waals surface area (Å²) in [5, 5.41) is 8.99. The molecule has 1 aliphatic rings. The molecule has 1 aliphatic carbocycles. The minimum absolute atomic E-state index is 0.279. The molecular formula is C11H12O3. The van der Waals surface area contributed by atoms with Crippen LogP contribution in [0, 0.1) is 5.92 Å². The molecule has 0 saturated heterocycles. The summed E-state index contributed by atoms with van der Waals surface area (Å²) in [6.45, 7) is 0.295. The van der Waals surface area contributed by atoms with Crippen LogP contribution in [0.3, 0.4) is 0 Å². The molecule has 0 amide bonds. The van der Waals surface area contributed by atoms with Crippen LogP contribution in [0.4, 0.5) is 0 Å². The smallest absolute Gasteiger partial charge is 0.312 e. The molecule has 1 fully saturated rings. The highest BCUT2D eigenvalue weighted by molar-refractivity contribution is 5.76. The Morgan fingerprint density at radius 1 is 1.43 bits per heavy atom. The maximum Gasteiger partial charge on any atom is 0.312 e. The van der Waals surface area contributed by atoms with E-state index >= 15 is 0 Å². The molecule has 2 unspecified atom stereocenters. The summed E-state index contributed by atoms with van der Waals surface area (Å²) in [4.78, 5) is 11.2. The van der Waals surface area contributed by atoms with Gasteiger partial charge in [-0.25, -0.2) is 0 Å². The number of carbonyl (C=O) groups excluding carboxylic acids is 1. The molecule has 2 rings (SSSR count). The first-order valence-electron chi connectivity index (χ1n) is 4.66. The minimum Gasteiger partial charge on any atom is -0.461 e. The summed E-state index contributed by atoms with van der Waals surface area (Å²) >= 11 is 0. The number of aliphatic hydroxyl groups is 1. The molecule has 1 N–H and O–H groups in total. The Morgan fingerprint density at radius 3 is 2.64 bits per heavy atom. The zero-order valence-corrected chi connectivity index (χ0v) is 7.72. The van der Waals surface area contributed by atoms with Gasteiger partial charge in [-0.2, -0.15) is 0 Å². The first-order valence-corrected chi connectivity index (χ1v) is 4.66. The summed E-state index contributed by atoms with van der Waals surface area (Å²) in [5.74, 6) is -0.569. The summed E-state index contributed by atoms with van der Waals surface area (Å²) < 4.78 is 5.02. The van der Waals surface area contributed by atoms with E-state index in [-0.39, 0.29) is 11.9 Å². The van der Waals surface area contributed by atoms with Gasteiger partial charge in [0.25, 0.3) is 0 Å². The normalized spacial score (nSPS) is 24.4. The Labute approximate surface area is 82.3 Å². The van der Waals surface area contributed by atoms with Crippen LogP contribution in [0.5, 0.6) is 0 Å². The summed E-state index contributed by atoms with van der Waals surface area (Å²) in [7, 11) is 0. The zero-order valence-electron chi connectivity index (χ0n) is 7.72. The molecule has 0 heterocycles. The Hall–Kier alpha value is -1.35. The van der Waals surface area contributed by atoms with Crippen LogP contribution >= 0.6 is 0 Å². The van der Waals surface area contributed by atoms with Gasteiger partial charge in [0.05, 0.1) is 12.0 Å². The SMILES string of the molecule is O=C(OCc1ccccc1)C1CC1O. The van der Waals surface area contributed by atoms with Gasteiger partial charge in [0, 0.05) is 0 Å². The van der Waals surface area contributed by atoms with Gasteiger partial charge >= 0.3 is 5.97 Å². The molecule has 0 radical (unpaired) electrons. The zero-order chi connectivity index (χ0) is 9.97. The largest absolute Gasteiger partial charge is 0.461 e. The molecule has 74 valence electrons. The number of benzene rings is 1. The first-order chi connectivity index (χ1) is 6.77. The first kappa shape index (κ1) is 9.21. The predicted octanol–water partition coefficient (Wildman–Crippen LogP) is 1.11. The maximum atomic E-state index is 11.2. The molecule has 0 spiro atoms. The van der Waals surface area contributed by atoms with E-state index in [1.807, 2.05) is 30.3 Å². The summed E-state index contributed by atoms with van der Waals surface area (Å²) in [5.41, 5.74) is 0.969. The number of rotatable bonds is 3. The fourth-order valence-corrected chi connectivity index (χ4v) is 1.27. The van der Waals surface area contributed by atoms with E-state index in [2.05, 4.69) is 0 Å². The summed E-state index contributed by atoms with van der Waals surface area (Å²) in [6.07, 6.45) is 0.0754. The monoisotopic (exact) mass is 192 g/mol. The van der Waals surface area contributed by atoms with Crippen molar-refractivity contribution in [1.29, 1.82) is 0 Å². The van der Waals surface area contributed by atoms with Gasteiger partial charge in [-0.15, -0.1) is 0 Å². The number of aliphatic hydroxyl groups excluding tert-OH is 1. The lowest BCUT2D eigenvalue weighted by Crippen LogP contribution is -2.09. The second kappa shape index (κ2) is 3.80. The van der Waals surface area contributed by atoms with E-state index in [1.165, 1.54) is 0 Å². The fraction of sp³-hybridized carbons (Fsp3) is 0.364. The molecule has 14 heavy (non-hydrogen) atoms. The van der Waals surface area contributed by atoms with E-state index in [0.717, 1.165) is 5.56 Å². The molecule has 0 bridgehead atoms. The van der Waals surface area contributed by atoms with Crippen molar-refractivity contribution in [3.05, 3.63) is 35.9 Å². The lowest BCUT2D eigenvalue weighted by atomic mass is 10.2. The van der Waals surface area contributed by atoms with E-state index in [1.54, 1.807) is 0 Å². The van der Waals surface area contributed by atoms with Gasteiger partial charge in [0.2, 0.25) is 0 Å². The van der Waals surface area contributed by atoms with Gasteiger partial charge in [0.15, 0.2) is 0 Å². The van der Waals surface area contributed by atoms with E-state index < -0.39 is 6.10 Å². The second-order valence-electron chi connectivity index (χ2n) is 3.50. The van der Waals surface area contributed by atoms with Crippen LogP contribution in [0.15, 0.2) is 30.3 Å². The predicted molar refractivity (Wildman–Crippen MR) is 50.4 cm³/mol. The molecular weight excluding hydrogens is 180 g/mol. The fourth-order valence-electron chi connectivity index (χ4n) is 1.27. The van der Waals surface area contributed by atoms with Gasteiger partial charge in [-0.3, -0.25) is 4.79 Å². The number of esters is 1. The van der Waals surface area contributed by atoms with Crippen molar-refractivity contribution in [1.82, 2.24) is 0 Å². The lowest BCUT2D eigenvalue weighted by Gasteiger charge is -2.03. The minimum atomic E-state index is -0.474. The number of ether oxygens (including phenoxy) is 1. The molecule has 2 atom stereocenters. The molecule has 3 nitrogen and oxygen atoms in total. The van der Waals surface area contributed by atoms with Crippen LogP contribution in [-0.2, 0) is 16.1 Å². The molecule has 0 aliphatic heterocycles. The second-order valence-corrected chi connectivity index (χ2v) is 3.50. The molecule has 1 aromatic carbocycles. The molecule has 0 aromatic heterocycles. The summed E-state index contributed by atoms with van der Waals surface area (Å²) in [6, 6.07) is 9.51. The van der Waals surface area contributed by atoms with Crippen molar-refractivity contribution in [3.8, 4) is 0 Å². The number of hydrogen-bond donors (Lipinski definition) is 1. The van der Waals surface area contributed by atoms with Crippen LogP contribution in [0.2, 0.25) is 0 Å². The third-order valence-electron chi connectivity index (χ3n) is 2.28. The highest BCUT2D eigenvalue weighted by atomic mass is 16.5. The van der Waals surface area contributed by atoms with Crippen molar-refractivity contribution in [2.45, 2.75) is 19.1 Å². The maximum absolute atomic E-state index is 11.2. The van der Waals surface area contributed by atoms with E-state index in [9.17, 15) is 4.79 Å². The van der Waals surface area contributed by atoms with Gasteiger partial charge in [-0.1, -0.05) is 30.3 Å². The highest BCUT2D eigenvalue weighted by Gasteiger charge is 2.43. The van der Waals surface area contributed by atoms with Crippen LogP contribution in [-0.4, -0.2) is 17.2 Å². The van der Waals surface area contributed by atoms with E-state index in [0.29, 0.717) is 13.0 Å².